The Morgan fingerprint density at radius 1 is 1.41 bits per heavy atom. The quantitative estimate of drug-likeness (QED) is 0.755. The summed E-state index contributed by atoms with van der Waals surface area (Å²) in [7, 11) is 0. The second-order valence-electron chi connectivity index (χ2n) is 3.62. The van der Waals surface area contributed by atoms with Gasteiger partial charge in [0.05, 0.1) is 6.20 Å². The number of phenolic OH excluding ortho intramolecular Hbond substituents is 1. The van der Waals surface area contributed by atoms with Gasteiger partial charge < -0.3 is 10.4 Å². The van der Waals surface area contributed by atoms with Gasteiger partial charge in [0.25, 0.3) is 5.91 Å². The summed E-state index contributed by atoms with van der Waals surface area (Å²) in [6.45, 7) is 1.99. The predicted octanol–water partition coefficient (Wildman–Crippen LogP) is 1.93. The van der Waals surface area contributed by atoms with Gasteiger partial charge in [-0.05, 0) is 30.7 Å². The Hall–Kier alpha value is -2.30. The maximum Gasteiger partial charge on any atom is 0.256 e. The predicted molar refractivity (Wildman–Crippen MR) is 64.0 cm³/mol. The lowest BCUT2D eigenvalue weighted by Gasteiger charge is -2.04. The third-order valence-electron chi connectivity index (χ3n) is 2.47. The van der Waals surface area contributed by atoms with Crippen LogP contribution in [0.3, 0.4) is 0 Å². The standard InChI is InChI=1S/C12H13N3O2/c1-2-8-7-13-15-11(8)14-12(17)9-3-5-10(16)6-4-9/h3-7,16H,2H2,1H3,(H2,13,14,15,17). The molecule has 0 saturated heterocycles. The number of amides is 1. The van der Waals surface area contributed by atoms with Crippen LogP contribution in [0.5, 0.6) is 5.75 Å². The van der Waals surface area contributed by atoms with Crippen LogP contribution in [0.25, 0.3) is 0 Å². The zero-order valence-electron chi connectivity index (χ0n) is 9.40. The molecule has 0 aliphatic carbocycles. The van der Waals surface area contributed by atoms with Crippen molar-refractivity contribution in [3.8, 4) is 5.75 Å². The van der Waals surface area contributed by atoms with E-state index >= 15 is 0 Å². The second-order valence-corrected chi connectivity index (χ2v) is 3.62. The molecule has 0 radical (unpaired) electrons. The highest BCUT2D eigenvalue weighted by atomic mass is 16.3. The molecule has 0 aliphatic heterocycles. The van der Waals surface area contributed by atoms with Crippen molar-refractivity contribution in [3.05, 3.63) is 41.6 Å². The molecule has 0 spiro atoms. The Balaban J connectivity index is 2.14. The van der Waals surface area contributed by atoms with Crippen molar-refractivity contribution in [3.63, 3.8) is 0 Å². The van der Waals surface area contributed by atoms with Gasteiger partial charge in [-0.3, -0.25) is 9.89 Å². The van der Waals surface area contributed by atoms with Gasteiger partial charge in [-0.15, -0.1) is 0 Å². The minimum Gasteiger partial charge on any atom is -0.508 e. The topological polar surface area (TPSA) is 78.0 Å². The molecule has 3 N–H and O–H groups in total. The first-order chi connectivity index (χ1) is 8.20. The highest BCUT2D eigenvalue weighted by Gasteiger charge is 2.09. The summed E-state index contributed by atoms with van der Waals surface area (Å²) in [6.07, 6.45) is 2.48. The van der Waals surface area contributed by atoms with Crippen LogP contribution in [-0.2, 0) is 6.42 Å². The summed E-state index contributed by atoms with van der Waals surface area (Å²) in [6, 6.07) is 6.07. The number of aromatic nitrogens is 2. The van der Waals surface area contributed by atoms with Crippen LogP contribution in [0.15, 0.2) is 30.5 Å². The molecule has 17 heavy (non-hydrogen) atoms. The number of nitrogens with zero attached hydrogens (tertiary/aromatic N) is 1. The van der Waals surface area contributed by atoms with Crippen LogP contribution >= 0.6 is 0 Å². The van der Waals surface area contributed by atoms with Gasteiger partial charge in [0.1, 0.15) is 11.6 Å². The lowest BCUT2D eigenvalue weighted by molar-refractivity contribution is 0.102. The molecule has 5 heteroatoms. The fraction of sp³-hybridized carbons (Fsp3) is 0.167. The van der Waals surface area contributed by atoms with Gasteiger partial charge >= 0.3 is 0 Å². The van der Waals surface area contributed by atoms with Crippen LogP contribution in [-0.4, -0.2) is 21.2 Å². The lowest BCUT2D eigenvalue weighted by Crippen LogP contribution is -2.13. The number of rotatable bonds is 3. The average molecular weight is 231 g/mol. The molecule has 0 saturated carbocycles. The average Bonchev–Trinajstić information content (AvgIpc) is 2.77. The number of carbonyl (C=O) groups is 1. The largest absolute Gasteiger partial charge is 0.508 e. The van der Waals surface area contributed by atoms with Crippen LogP contribution in [0.2, 0.25) is 0 Å². The van der Waals surface area contributed by atoms with Gasteiger partial charge in [0.15, 0.2) is 0 Å². The zero-order chi connectivity index (χ0) is 12.3. The van der Waals surface area contributed by atoms with E-state index < -0.39 is 0 Å². The fourth-order valence-corrected chi connectivity index (χ4v) is 1.49. The van der Waals surface area contributed by atoms with Crippen molar-refractivity contribution in [2.75, 3.05) is 5.32 Å². The van der Waals surface area contributed by atoms with E-state index in [-0.39, 0.29) is 11.7 Å². The number of hydrogen-bond donors (Lipinski definition) is 3. The highest BCUT2D eigenvalue weighted by Crippen LogP contribution is 2.14. The van der Waals surface area contributed by atoms with Crippen molar-refractivity contribution in [1.29, 1.82) is 0 Å². The molecule has 1 heterocycles. The normalized spacial score (nSPS) is 10.2. The molecule has 1 amide bonds. The van der Waals surface area contributed by atoms with Crippen molar-refractivity contribution in [2.24, 2.45) is 0 Å². The van der Waals surface area contributed by atoms with Crippen LogP contribution < -0.4 is 5.32 Å². The summed E-state index contributed by atoms with van der Waals surface area (Å²) in [4.78, 5) is 11.9. The van der Waals surface area contributed by atoms with E-state index in [0.29, 0.717) is 11.4 Å². The minimum absolute atomic E-state index is 0.136. The van der Waals surface area contributed by atoms with Crippen molar-refractivity contribution < 1.29 is 9.90 Å². The van der Waals surface area contributed by atoms with E-state index in [1.807, 2.05) is 6.92 Å². The summed E-state index contributed by atoms with van der Waals surface area (Å²) in [5.41, 5.74) is 1.44. The van der Waals surface area contributed by atoms with Gasteiger partial charge in [0, 0.05) is 11.1 Å². The van der Waals surface area contributed by atoms with Gasteiger partial charge in [0.2, 0.25) is 0 Å². The smallest absolute Gasteiger partial charge is 0.256 e. The number of benzene rings is 1. The minimum atomic E-state index is -0.232. The Morgan fingerprint density at radius 3 is 2.76 bits per heavy atom. The van der Waals surface area contributed by atoms with Crippen LogP contribution in [0.4, 0.5) is 5.82 Å². The van der Waals surface area contributed by atoms with E-state index in [4.69, 9.17) is 5.11 Å². The Bertz CT molecular complexity index is 517. The Kier molecular flexibility index (Phi) is 3.09. The lowest BCUT2D eigenvalue weighted by atomic mass is 10.2. The maximum absolute atomic E-state index is 11.9. The maximum atomic E-state index is 11.9. The molecule has 88 valence electrons. The summed E-state index contributed by atoms with van der Waals surface area (Å²) in [5, 5.41) is 18.5. The molecule has 2 rings (SSSR count). The number of aryl methyl sites for hydroxylation is 1. The molecule has 0 bridgehead atoms. The van der Waals surface area contributed by atoms with Crippen LogP contribution in [0, 0.1) is 0 Å². The van der Waals surface area contributed by atoms with Crippen molar-refractivity contribution >= 4 is 11.7 Å². The van der Waals surface area contributed by atoms with Crippen LogP contribution in [0.1, 0.15) is 22.8 Å². The van der Waals surface area contributed by atoms with E-state index in [2.05, 4.69) is 15.5 Å². The van der Waals surface area contributed by atoms with Crippen molar-refractivity contribution in [2.45, 2.75) is 13.3 Å². The molecule has 0 aliphatic rings. The summed E-state index contributed by atoms with van der Waals surface area (Å²) in [5.74, 6) is 0.520. The number of carbonyl (C=O) groups excluding carboxylic acids is 1. The first-order valence-corrected chi connectivity index (χ1v) is 5.33. The molecule has 0 atom stereocenters. The van der Waals surface area contributed by atoms with Gasteiger partial charge in [-0.1, -0.05) is 6.92 Å². The monoisotopic (exact) mass is 231 g/mol. The second kappa shape index (κ2) is 4.69. The molecule has 0 fully saturated rings. The molecule has 0 unspecified atom stereocenters. The number of aromatic amines is 1. The molecule has 2 aromatic rings. The number of hydrogen-bond acceptors (Lipinski definition) is 3. The number of nitrogens with one attached hydrogen (secondary N) is 2. The first kappa shape index (κ1) is 11.2. The Morgan fingerprint density at radius 2 is 2.12 bits per heavy atom. The Labute approximate surface area is 98.5 Å². The first-order valence-electron chi connectivity index (χ1n) is 5.33. The van der Waals surface area contributed by atoms with Gasteiger partial charge in [-0.25, -0.2) is 0 Å². The fourth-order valence-electron chi connectivity index (χ4n) is 1.49. The molecular weight excluding hydrogens is 218 g/mol. The molecule has 5 nitrogen and oxygen atoms in total. The van der Waals surface area contributed by atoms with Gasteiger partial charge in [-0.2, -0.15) is 5.10 Å². The zero-order valence-corrected chi connectivity index (χ0v) is 9.40. The third-order valence-corrected chi connectivity index (χ3v) is 2.47. The van der Waals surface area contributed by atoms with E-state index in [9.17, 15) is 4.79 Å². The third kappa shape index (κ3) is 2.44. The number of phenols is 1. The van der Waals surface area contributed by atoms with E-state index in [1.54, 1.807) is 18.3 Å². The number of H-pyrrole nitrogens is 1. The number of anilines is 1. The van der Waals surface area contributed by atoms with E-state index in [1.165, 1.54) is 12.1 Å². The van der Waals surface area contributed by atoms with E-state index in [0.717, 1.165) is 12.0 Å². The number of aromatic hydroxyl groups is 1. The molecule has 1 aromatic carbocycles. The highest BCUT2D eigenvalue weighted by molar-refractivity contribution is 6.04. The SMILES string of the molecule is CCc1cn[nH]c1NC(=O)c1ccc(O)cc1. The molecular formula is C12H13N3O2. The summed E-state index contributed by atoms with van der Waals surface area (Å²) < 4.78 is 0. The molecule has 1 aromatic heterocycles. The van der Waals surface area contributed by atoms with Crippen molar-refractivity contribution in [1.82, 2.24) is 10.2 Å². The summed E-state index contributed by atoms with van der Waals surface area (Å²) >= 11 is 0.